The predicted octanol–water partition coefficient (Wildman–Crippen LogP) is 2.10. The topological polar surface area (TPSA) is 51.8 Å². The van der Waals surface area contributed by atoms with Crippen LogP contribution >= 0.6 is 11.3 Å². The molecule has 2 aromatic rings. The molecule has 0 unspecified atom stereocenters. The molecule has 2 rings (SSSR count). The Morgan fingerprint density at radius 2 is 1.92 bits per heavy atom. The van der Waals surface area contributed by atoms with E-state index in [-0.39, 0.29) is 0 Å². The first-order valence-electron chi connectivity index (χ1n) is 3.89. The number of nitrogens with zero attached hydrogens (tertiary/aromatic N) is 2. The molecule has 2 aromatic heterocycles. The van der Waals surface area contributed by atoms with Crippen LogP contribution in [0.4, 0.5) is 5.00 Å². The molecule has 3 nitrogen and oxygen atoms in total. The Morgan fingerprint density at radius 3 is 2.46 bits per heavy atom. The van der Waals surface area contributed by atoms with Crippen LogP contribution in [-0.2, 0) is 0 Å². The SMILES string of the molecule is Cc1ncc(-c2csc(N)c2)cn1. The molecule has 66 valence electrons. The third-order valence-electron chi connectivity index (χ3n) is 1.73. The molecule has 0 fully saturated rings. The first-order valence-corrected chi connectivity index (χ1v) is 4.77. The fourth-order valence-corrected chi connectivity index (χ4v) is 1.71. The molecule has 0 aliphatic heterocycles. The van der Waals surface area contributed by atoms with Crippen molar-refractivity contribution in [3.63, 3.8) is 0 Å². The standard InChI is InChI=1S/C9H9N3S/c1-6-11-3-8(4-12-6)7-2-9(10)13-5-7/h2-5H,10H2,1H3. The maximum absolute atomic E-state index is 5.62. The van der Waals surface area contributed by atoms with Crippen molar-refractivity contribution in [1.82, 2.24) is 9.97 Å². The lowest BCUT2D eigenvalue weighted by atomic mass is 10.2. The number of aromatic nitrogens is 2. The van der Waals surface area contributed by atoms with Gasteiger partial charge in [0.05, 0.1) is 5.00 Å². The lowest BCUT2D eigenvalue weighted by Crippen LogP contribution is -1.86. The average Bonchev–Trinajstić information content (AvgIpc) is 2.53. The summed E-state index contributed by atoms with van der Waals surface area (Å²) >= 11 is 1.53. The molecule has 0 radical (unpaired) electrons. The number of anilines is 1. The van der Waals surface area contributed by atoms with Gasteiger partial charge in [-0.05, 0) is 18.6 Å². The lowest BCUT2D eigenvalue weighted by molar-refractivity contribution is 1.06. The van der Waals surface area contributed by atoms with E-state index in [1.165, 1.54) is 11.3 Å². The first kappa shape index (κ1) is 8.19. The van der Waals surface area contributed by atoms with Crippen molar-refractivity contribution in [3.05, 3.63) is 29.7 Å². The number of thiophene rings is 1. The van der Waals surface area contributed by atoms with E-state index in [1.54, 1.807) is 0 Å². The summed E-state index contributed by atoms with van der Waals surface area (Å²) in [6.07, 6.45) is 3.62. The quantitative estimate of drug-likeness (QED) is 0.751. The van der Waals surface area contributed by atoms with Crippen molar-refractivity contribution in [2.45, 2.75) is 6.92 Å². The highest BCUT2D eigenvalue weighted by atomic mass is 32.1. The van der Waals surface area contributed by atoms with Gasteiger partial charge in [0.2, 0.25) is 0 Å². The summed E-state index contributed by atoms with van der Waals surface area (Å²) in [6, 6.07) is 1.93. The van der Waals surface area contributed by atoms with Gasteiger partial charge >= 0.3 is 0 Å². The Morgan fingerprint density at radius 1 is 1.23 bits per heavy atom. The van der Waals surface area contributed by atoms with Crippen LogP contribution < -0.4 is 5.73 Å². The van der Waals surface area contributed by atoms with E-state index in [9.17, 15) is 0 Å². The first-order chi connectivity index (χ1) is 6.25. The van der Waals surface area contributed by atoms with Crippen molar-refractivity contribution in [2.24, 2.45) is 0 Å². The third kappa shape index (κ3) is 1.67. The zero-order valence-electron chi connectivity index (χ0n) is 7.19. The van der Waals surface area contributed by atoms with E-state index in [4.69, 9.17) is 5.73 Å². The summed E-state index contributed by atoms with van der Waals surface area (Å²) in [7, 11) is 0. The molecule has 2 heterocycles. The fraction of sp³-hybridized carbons (Fsp3) is 0.111. The molecule has 0 bridgehead atoms. The molecule has 0 aromatic carbocycles. The Balaban J connectivity index is 2.41. The van der Waals surface area contributed by atoms with Crippen molar-refractivity contribution in [2.75, 3.05) is 5.73 Å². The summed E-state index contributed by atoms with van der Waals surface area (Å²) in [5.74, 6) is 0.784. The van der Waals surface area contributed by atoms with E-state index in [0.29, 0.717) is 0 Å². The highest BCUT2D eigenvalue weighted by Gasteiger charge is 2.00. The van der Waals surface area contributed by atoms with Gasteiger partial charge in [-0.1, -0.05) is 0 Å². The van der Waals surface area contributed by atoms with Crippen molar-refractivity contribution in [3.8, 4) is 11.1 Å². The van der Waals surface area contributed by atoms with Crippen LogP contribution in [0, 0.1) is 6.92 Å². The van der Waals surface area contributed by atoms with Gasteiger partial charge in [0.15, 0.2) is 0 Å². The van der Waals surface area contributed by atoms with Gasteiger partial charge in [-0.2, -0.15) is 0 Å². The van der Waals surface area contributed by atoms with Crippen LogP contribution in [0.5, 0.6) is 0 Å². The number of rotatable bonds is 1. The molecular formula is C9H9N3S. The fourth-order valence-electron chi connectivity index (χ4n) is 1.05. The number of aryl methyl sites for hydroxylation is 1. The minimum Gasteiger partial charge on any atom is -0.391 e. The van der Waals surface area contributed by atoms with E-state index >= 15 is 0 Å². The van der Waals surface area contributed by atoms with Crippen LogP contribution in [-0.4, -0.2) is 9.97 Å². The van der Waals surface area contributed by atoms with Crippen LogP contribution in [0.1, 0.15) is 5.82 Å². The van der Waals surface area contributed by atoms with Gasteiger partial charge in [0, 0.05) is 23.3 Å². The molecule has 0 amide bonds. The molecule has 0 atom stereocenters. The second kappa shape index (κ2) is 3.14. The van der Waals surface area contributed by atoms with Gasteiger partial charge in [-0.3, -0.25) is 0 Å². The average molecular weight is 191 g/mol. The maximum atomic E-state index is 5.62. The minimum atomic E-state index is 0.784. The third-order valence-corrected chi connectivity index (χ3v) is 2.50. The summed E-state index contributed by atoms with van der Waals surface area (Å²) in [4.78, 5) is 8.23. The van der Waals surface area contributed by atoms with Crippen LogP contribution in [0.3, 0.4) is 0 Å². The molecule has 2 N–H and O–H groups in total. The normalized spacial score (nSPS) is 10.2. The minimum absolute atomic E-state index is 0.784. The number of nitrogens with two attached hydrogens (primary N) is 1. The van der Waals surface area contributed by atoms with E-state index < -0.39 is 0 Å². The van der Waals surface area contributed by atoms with Crippen molar-refractivity contribution < 1.29 is 0 Å². The summed E-state index contributed by atoms with van der Waals surface area (Å²) < 4.78 is 0. The van der Waals surface area contributed by atoms with E-state index in [0.717, 1.165) is 22.0 Å². The summed E-state index contributed by atoms with van der Waals surface area (Å²) in [5.41, 5.74) is 7.72. The second-order valence-electron chi connectivity index (χ2n) is 2.76. The molecule has 0 spiro atoms. The lowest BCUT2D eigenvalue weighted by Gasteiger charge is -1.95. The van der Waals surface area contributed by atoms with Crippen LogP contribution in [0.25, 0.3) is 11.1 Å². The largest absolute Gasteiger partial charge is 0.391 e. The Kier molecular flexibility index (Phi) is 1.98. The summed E-state index contributed by atoms with van der Waals surface area (Å²) in [6.45, 7) is 1.87. The van der Waals surface area contributed by atoms with Crippen molar-refractivity contribution in [1.29, 1.82) is 0 Å². The van der Waals surface area contributed by atoms with Gasteiger partial charge in [0.1, 0.15) is 5.82 Å². The van der Waals surface area contributed by atoms with Crippen LogP contribution in [0.2, 0.25) is 0 Å². The highest BCUT2D eigenvalue weighted by molar-refractivity contribution is 7.14. The molecule has 0 aliphatic rings. The zero-order valence-corrected chi connectivity index (χ0v) is 8.01. The predicted molar refractivity (Wildman–Crippen MR) is 54.5 cm³/mol. The highest BCUT2D eigenvalue weighted by Crippen LogP contribution is 2.25. The molecule has 0 aliphatic carbocycles. The van der Waals surface area contributed by atoms with Crippen LogP contribution in [0.15, 0.2) is 23.8 Å². The number of hydrogen-bond donors (Lipinski definition) is 1. The Labute approximate surface area is 80.3 Å². The Hall–Kier alpha value is -1.42. The summed E-state index contributed by atoms with van der Waals surface area (Å²) in [5, 5.41) is 2.82. The van der Waals surface area contributed by atoms with Gasteiger partial charge in [0.25, 0.3) is 0 Å². The molecule has 4 heteroatoms. The number of nitrogen functional groups attached to an aromatic ring is 1. The molecule has 0 saturated carbocycles. The van der Waals surface area contributed by atoms with Gasteiger partial charge in [-0.25, -0.2) is 9.97 Å². The molecular weight excluding hydrogens is 182 g/mol. The maximum Gasteiger partial charge on any atom is 0.125 e. The van der Waals surface area contributed by atoms with Gasteiger partial charge in [-0.15, -0.1) is 11.3 Å². The molecule has 13 heavy (non-hydrogen) atoms. The second-order valence-corrected chi connectivity index (χ2v) is 3.70. The van der Waals surface area contributed by atoms with E-state index in [1.807, 2.05) is 30.8 Å². The monoisotopic (exact) mass is 191 g/mol. The Bertz CT molecular complexity index is 405. The van der Waals surface area contributed by atoms with Crippen molar-refractivity contribution >= 4 is 16.3 Å². The molecule has 0 saturated heterocycles. The van der Waals surface area contributed by atoms with Gasteiger partial charge < -0.3 is 5.73 Å². The van der Waals surface area contributed by atoms with E-state index in [2.05, 4.69) is 9.97 Å². The smallest absolute Gasteiger partial charge is 0.125 e. The number of hydrogen-bond acceptors (Lipinski definition) is 4. The zero-order chi connectivity index (χ0) is 9.26.